The Morgan fingerprint density at radius 1 is 1.43 bits per heavy atom. The molecule has 0 aliphatic heterocycles. The van der Waals surface area contributed by atoms with Crippen molar-refractivity contribution in [2.24, 2.45) is 5.92 Å². The maximum atomic E-state index is 11.8. The van der Waals surface area contributed by atoms with E-state index in [2.05, 4.69) is 6.92 Å². The van der Waals surface area contributed by atoms with Crippen LogP contribution in [0.4, 0.5) is 0 Å². The van der Waals surface area contributed by atoms with Gasteiger partial charge in [0.2, 0.25) is 5.91 Å². The van der Waals surface area contributed by atoms with Gasteiger partial charge in [-0.25, -0.2) is 0 Å². The number of hydrogen-bond donors (Lipinski definition) is 1. The predicted molar refractivity (Wildman–Crippen MR) is 58.0 cm³/mol. The van der Waals surface area contributed by atoms with E-state index in [1.54, 1.807) is 32.8 Å². The van der Waals surface area contributed by atoms with Gasteiger partial charge in [0.25, 0.3) is 0 Å². The summed E-state index contributed by atoms with van der Waals surface area (Å²) in [4.78, 5) is 13.3. The van der Waals surface area contributed by atoms with Crippen molar-refractivity contribution in [3.05, 3.63) is 0 Å². The minimum absolute atomic E-state index is 0.0194. The van der Waals surface area contributed by atoms with Crippen molar-refractivity contribution in [1.29, 1.82) is 0 Å². The molecule has 1 atom stereocenters. The smallest absolute Gasteiger partial charge is 0.228 e. The summed E-state index contributed by atoms with van der Waals surface area (Å²) in [5, 5.41) is 9.88. The molecule has 14 heavy (non-hydrogen) atoms. The van der Waals surface area contributed by atoms with Crippen LogP contribution in [0.25, 0.3) is 0 Å². The first-order valence-electron chi connectivity index (χ1n) is 5.24. The van der Waals surface area contributed by atoms with Gasteiger partial charge in [-0.05, 0) is 20.3 Å². The summed E-state index contributed by atoms with van der Waals surface area (Å²) in [6, 6.07) is 0. The first-order chi connectivity index (χ1) is 6.30. The fraction of sp³-hybridized carbons (Fsp3) is 0.909. The highest BCUT2D eigenvalue weighted by Gasteiger charge is 2.33. The summed E-state index contributed by atoms with van der Waals surface area (Å²) in [5.74, 6) is -0.261. The van der Waals surface area contributed by atoms with Crippen molar-refractivity contribution < 1.29 is 9.90 Å². The van der Waals surface area contributed by atoms with Gasteiger partial charge in [0.1, 0.15) is 0 Å². The number of nitrogens with zero attached hydrogens (tertiary/aromatic N) is 1. The van der Waals surface area contributed by atoms with E-state index in [4.69, 9.17) is 0 Å². The monoisotopic (exact) mass is 201 g/mol. The number of aliphatic hydroxyl groups is 1. The lowest BCUT2D eigenvalue weighted by atomic mass is 9.85. The predicted octanol–water partition coefficient (Wildman–Crippen LogP) is 1.65. The van der Waals surface area contributed by atoms with Gasteiger partial charge in [0.05, 0.1) is 11.5 Å². The van der Waals surface area contributed by atoms with Gasteiger partial charge in [-0.3, -0.25) is 4.79 Å². The standard InChI is InChI=1S/C11H23NO2/c1-6-7-8-9(11(2,3)14)10(13)12(4)5/h9,14H,6-8H2,1-5H3. The third-order valence-electron chi connectivity index (χ3n) is 2.44. The Kier molecular flexibility index (Phi) is 5.13. The van der Waals surface area contributed by atoms with E-state index in [1.165, 1.54) is 0 Å². The minimum Gasteiger partial charge on any atom is -0.390 e. The van der Waals surface area contributed by atoms with Crippen molar-refractivity contribution in [3.8, 4) is 0 Å². The zero-order chi connectivity index (χ0) is 11.4. The highest BCUT2D eigenvalue weighted by atomic mass is 16.3. The minimum atomic E-state index is -0.920. The second-order valence-electron chi connectivity index (χ2n) is 4.58. The highest BCUT2D eigenvalue weighted by molar-refractivity contribution is 5.79. The van der Waals surface area contributed by atoms with E-state index in [0.717, 1.165) is 19.3 Å². The van der Waals surface area contributed by atoms with Gasteiger partial charge in [-0.1, -0.05) is 19.8 Å². The largest absolute Gasteiger partial charge is 0.390 e. The molecule has 0 saturated heterocycles. The van der Waals surface area contributed by atoms with Gasteiger partial charge >= 0.3 is 0 Å². The molecule has 0 aliphatic rings. The van der Waals surface area contributed by atoms with Crippen LogP contribution in [0.3, 0.4) is 0 Å². The average Bonchev–Trinajstić information content (AvgIpc) is 2.02. The molecule has 0 aromatic rings. The molecule has 0 aromatic carbocycles. The molecule has 0 radical (unpaired) electrons. The molecule has 3 nitrogen and oxygen atoms in total. The molecule has 0 aromatic heterocycles. The van der Waals surface area contributed by atoms with E-state index >= 15 is 0 Å². The SMILES string of the molecule is CCCCC(C(=O)N(C)C)C(C)(C)O. The maximum Gasteiger partial charge on any atom is 0.228 e. The molecule has 0 bridgehead atoms. The fourth-order valence-corrected chi connectivity index (χ4v) is 1.50. The first-order valence-corrected chi connectivity index (χ1v) is 5.24. The summed E-state index contributed by atoms with van der Waals surface area (Å²) in [5.41, 5.74) is -0.920. The van der Waals surface area contributed by atoms with Gasteiger partial charge in [-0.15, -0.1) is 0 Å². The third kappa shape index (κ3) is 4.09. The van der Waals surface area contributed by atoms with Gasteiger partial charge in [0, 0.05) is 14.1 Å². The maximum absolute atomic E-state index is 11.8. The second-order valence-corrected chi connectivity index (χ2v) is 4.58. The van der Waals surface area contributed by atoms with Crippen LogP contribution >= 0.6 is 0 Å². The first kappa shape index (κ1) is 13.4. The molecule has 1 N–H and O–H groups in total. The average molecular weight is 201 g/mol. The normalized spacial score (nSPS) is 13.9. The van der Waals surface area contributed by atoms with Crippen LogP contribution in [0.5, 0.6) is 0 Å². The molecular formula is C11H23NO2. The molecular weight excluding hydrogens is 178 g/mol. The van der Waals surface area contributed by atoms with Crippen molar-refractivity contribution in [3.63, 3.8) is 0 Å². The summed E-state index contributed by atoms with van der Waals surface area (Å²) >= 11 is 0. The Morgan fingerprint density at radius 3 is 2.21 bits per heavy atom. The number of unbranched alkanes of at least 4 members (excludes halogenated alkanes) is 1. The van der Waals surface area contributed by atoms with E-state index in [-0.39, 0.29) is 11.8 Å². The Bertz CT molecular complexity index is 182. The summed E-state index contributed by atoms with van der Waals surface area (Å²) in [6.45, 7) is 5.49. The van der Waals surface area contributed by atoms with E-state index < -0.39 is 5.60 Å². The molecule has 0 saturated carbocycles. The number of carbonyl (C=O) groups is 1. The summed E-state index contributed by atoms with van der Waals surface area (Å²) in [7, 11) is 3.46. The van der Waals surface area contributed by atoms with Crippen molar-refractivity contribution >= 4 is 5.91 Å². The van der Waals surface area contributed by atoms with Crippen LogP contribution < -0.4 is 0 Å². The van der Waals surface area contributed by atoms with E-state index in [1.807, 2.05) is 0 Å². The van der Waals surface area contributed by atoms with Crippen LogP contribution in [0, 0.1) is 5.92 Å². The molecule has 0 rings (SSSR count). The van der Waals surface area contributed by atoms with E-state index in [9.17, 15) is 9.90 Å². The number of carbonyl (C=O) groups excluding carboxylic acids is 1. The number of rotatable bonds is 5. The molecule has 84 valence electrons. The van der Waals surface area contributed by atoms with Gasteiger partial charge < -0.3 is 10.0 Å². The zero-order valence-electron chi connectivity index (χ0n) is 10.0. The lowest BCUT2D eigenvalue weighted by molar-refractivity contribution is -0.141. The molecule has 3 heteroatoms. The summed E-state index contributed by atoms with van der Waals surface area (Å²) < 4.78 is 0. The van der Waals surface area contributed by atoms with Gasteiger partial charge in [-0.2, -0.15) is 0 Å². The lowest BCUT2D eigenvalue weighted by Crippen LogP contribution is -2.42. The number of amides is 1. The van der Waals surface area contributed by atoms with Crippen LogP contribution in [-0.4, -0.2) is 35.6 Å². The van der Waals surface area contributed by atoms with Gasteiger partial charge in [0.15, 0.2) is 0 Å². The van der Waals surface area contributed by atoms with Crippen molar-refractivity contribution in [2.75, 3.05) is 14.1 Å². The molecule has 0 heterocycles. The van der Waals surface area contributed by atoms with Crippen LogP contribution in [-0.2, 0) is 4.79 Å². The quantitative estimate of drug-likeness (QED) is 0.734. The van der Waals surface area contributed by atoms with Crippen molar-refractivity contribution in [2.45, 2.75) is 45.6 Å². The fourth-order valence-electron chi connectivity index (χ4n) is 1.50. The van der Waals surface area contributed by atoms with Crippen LogP contribution in [0.15, 0.2) is 0 Å². The molecule has 0 fully saturated rings. The lowest BCUT2D eigenvalue weighted by Gasteiger charge is -2.30. The molecule has 1 unspecified atom stereocenters. The Balaban J connectivity index is 4.48. The highest BCUT2D eigenvalue weighted by Crippen LogP contribution is 2.23. The third-order valence-corrected chi connectivity index (χ3v) is 2.44. The summed E-state index contributed by atoms with van der Waals surface area (Å²) in [6.07, 6.45) is 2.79. The van der Waals surface area contributed by atoms with Crippen LogP contribution in [0.2, 0.25) is 0 Å². The second kappa shape index (κ2) is 5.35. The van der Waals surface area contributed by atoms with Crippen LogP contribution in [0.1, 0.15) is 40.0 Å². The van der Waals surface area contributed by atoms with E-state index in [0.29, 0.717) is 0 Å². The van der Waals surface area contributed by atoms with Crippen molar-refractivity contribution in [1.82, 2.24) is 4.90 Å². The molecule has 1 amide bonds. The molecule has 0 aliphatic carbocycles. The zero-order valence-corrected chi connectivity index (χ0v) is 10.0. The molecule has 0 spiro atoms. The number of hydrogen-bond acceptors (Lipinski definition) is 2. The Morgan fingerprint density at radius 2 is 1.93 bits per heavy atom. The topological polar surface area (TPSA) is 40.5 Å². The Labute approximate surface area is 87.1 Å². The Hall–Kier alpha value is -0.570.